The van der Waals surface area contributed by atoms with Crippen LogP contribution in [0.3, 0.4) is 0 Å². The van der Waals surface area contributed by atoms with Gasteiger partial charge in [0.2, 0.25) is 0 Å². The van der Waals surface area contributed by atoms with Gasteiger partial charge in [-0.3, -0.25) is 0 Å². The van der Waals surface area contributed by atoms with Crippen molar-refractivity contribution in [1.82, 2.24) is 14.9 Å². The van der Waals surface area contributed by atoms with Crippen LogP contribution in [0, 0.1) is 6.92 Å². The molecule has 0 saturated heterocycles. The third-order valence-electron chi connectivity index (χ3n) is 2.97. The topological polar surface area (TPSA) is 29.9 Å². The summed E-state index contributed by atoms with van der Waals surface area (Å²) >= 11 is 0. The minimum atomic E-state index is 0.891. The van der Waals surface area contributed by atoms with Crippen LogP contribution in [-0.4, -0.2) is 16.1 Å². The Kier molecular flexibility index (Phi) is 4.53. The highest BCUT2D eigenvalue weighted by atomic mass is 15.1. The predicted octanol–water partition coefficient (Wildman–Crippen LogP) is 3.07. The Morgan fingerprint density at radius 2 is 2.11 bits per heavy atom. The molecule has 0 amide bonds. The second-order valence-electron chi connectivity index (χ2n) is 4.54. The SMILES string of the molecule is CCCCNCc1cccn1-c1cccc(C)n1. The molecule has 0 bridgehead atoms. The van der Waals surface area contributed by atoms with Crippen molar-refractivity contribution in [2.24, 2.45) is 0 Å². The summed E-state index contributed by atoms with van der Waals surface area (Å²) < 4.78 is 2.14. The summed E-state index contributed by atoms with van der Waals surface area (Å²) in [5.74, 6) is 0.993. The average molecular weight is 243 g/mol. The Labute approximate surface area is 109 Å². The zero-order valence-corrected chi connectivity index (χ0v) is 11.2. The van der Waals surface area contributed by atoms with Crippen molar-refractivity contribution in [3.05, 3.63) is 47.9 Å². The average Bonchev–Trinajstić information content (AvgIpc) is 2.83. The molecule has 0 fully saturated rings. The summed E-state index contributed by atoms with van der Waals surface area (Å²) in [5, 5.41) is 3.46. The van der Waals surface area contributed by atoms with Gasteiger partial charge in [-0.25, -0.2) is 4.98 Å². The van der Waals surface area contributed by atoms with Gasteiger partial charge in [0.25, 0.3) is 0 Å². The van der Waals surface area contributed by atoms with E-state index in [1.165, 1.54) is 18.5 Å². The molecular weight excluding hydrogens is 222 g/mol. The summed E-state index contributed by atoms with van der Waals surface area (Å²) in [6.07, 6.45) is 4.52. The van der Waals surface area contributed by atoms with Gasteiger partial charge in [0.1, 0.15) is 5.82 Å². The maximum absolute atomic E-state index is 4.56. The highest BCUT2D eigenvalue weighted by molar-refractivity contribution is 5.29. The van der Waals surface area contributed by atoms with E-state index in [-0.39, 0.29) is 0 Å². The molecule has 2 heterocycles. The summed E-state index contributed by atoms with van der Waals surface area (Å²) in [7, 11) is 0. The largest absolute Gasteiger partial charge is 0.311 e. The molecule has 18 heavy (non-hydrogen) atoms. The van der Waals surface area contributed by atoms with Crippen LogP contribution in [0.15, 0.2) is 36.5 Å². The van der Waals surface area contributed by atoms with E-state index in [1.807, 2.05) is 25.1 Å². The number of nitrogens with zero attached hydrogens (tertiary/aromatic N) is 2. The van der Waals surface area contributed by atoms with Gasteiger partial charge in [0.05, 0.1) is 0 Å². The normalized spacial score (nSPS) is 10.8. The lowest BCUT2D eigenvalue weighted by molar-refractivity contribution is 0.626. The first kappa shape index (κ1) is 12.8. The van der Waals surface area contributed by atoms with E-state index >= 15 is 0 Å². The molecule has 0 aromatic carbocycles. The van der Waals surface area contributed by atoms with E-state index in [2.05, 4.69) is 40.1 Å². The Bertz CT molecular complexity index is 488. The maximum Gasteiger partial charge on any atom is 0.137 e. The zero-order valence-electron chi connectivity index (χ0n) is 11.2. The number of nitrogens with one attached hydrogen (secondary N) is 1. The fourth-order valence-electron chi connectivity index (χ4n) is 1.96. The second kappa shape index (κ2) is 6.36. The molecule has 2 rings (SSSR count). The molecule has 0 atom stereocenters. The highest BCUT2D eigenvalue weighted by Crippen LogP contribution is 2.11. The van der Waals surface area contributed by atoms with Gasteiger partial charge in [-0.2, -0.15) is 0 Å². The van der Waals surface area contributed by atoms with E-state index in [1.54, 1.807) is 0 Å². The van der Waals surface area contributed by atoms with Crippen molar-refractivity contribution >= 4 is 0 Å². The van der Waals surface area contributed by atoms with Crippen molar-refractivity contribution in [3.63, 3.8) is 0 Å². The molecule has 3 heteroatoms. The lowest BCUT2D eigenvalue weighted by Crippen LogP contribution is -2.17. The number of aryl methyl sites for hydroxylation is 1. The lowest BCUT2D eigenvalue weighted by Gasteiger charge is -2.10. The first-order valence-electron chi connectivity index (χ1n) is 6.62. The van der Waals surface area contributed by atoms with Crippen molar-refractivity contribution < 1.29 is 0 Å². The van der Waals surface area contributed by atoms with Gasteiger partial charge in [-0.05, 0) is 44.2 Å². The van der Waals surface area contributed by atoms with Crippen molar-refractivity contribution in [1.29, 1.82) is 0 Å². The van der Waals surface area contributed by atoms with Crippen LogP contribution in [0.25, 0.3) is 5.82 Å². The zero-order chi connectivity index (χ0) is 12.8. The predicted molar refractivity (Wildman–Crippen MR) is 74.9 cm³/mol. The third-order valence-corrected chi connectivity index (χ3v) is 2.97. The van der Waals surface area contributed by atoms with Gasteiger partial charge in [-0.15, -0.1) is 0 Å². The van der Waals surface area contributed by atoms with Crippen LogP contribution in [0.1, 0.15) is 31.2 Å². The van der Waals surface area contributed by atoms with E-state index in [9.17, 15) is 0 Å². The highest BCUT2D eigenvalue weighted by Gasteiger charge is 2.03. The molecule has 0 aliphatic heterocycles. The molecule has 96 valence electrons. The van der Waals surface area contributed by atoms with Gasteiger partial charge in [0.15, 0.2) is 0 Å². The lowest BCUT2D eigenvalue weighted by atomic mass is 10.3. The summed E-state index contributed by atoms with van der Waals surface area (Å²) in [5.41, 5.74) is 2.30. The quantitative estimate of drug-likeness (QED) is 0.790. The van der Waals surface area contributed by atoms with Crippen molar-refractivity contribution in [3.8, 4) is 5.82 Å². The molecule has 3 nitrogen and oxygen atoms in total. The Morgan fingerprint density at radius 3 is 2.89 bits per heavy atom. The first-order chi connectivity index (χ1) is 8.81. The number of unbranched alkanes of at least 4 members (excludes halogenated alkanes) is 1. The summed E-state index contributed by atoms with van der Waals surface area (Å²) in [4.78, 5) is 4.56. The van der Waals surface area contributed by atoms with Gasteiger partial charge >= 0.3 is 0 Å². The van der Waals surface area contributed by atoms with Crippen LogP contribution >= 0.6 is 0 Å². The summed E-state index contributed by atoms with van der Waals surface area (Å²) in [6.45, 7) is 6.19. The molecule has 0 radical (unpaired) electrons. The Hall–Kier alpha value is -1.61. The van der Waals surface area contributed by atoms with E-state index in [0.29, 0.717) is 0 Å². The second-order valence-corrected chi connectivity index (χ2v) is 4.54. The molecular formula is C15H21N3. The van der Waals surface area contributed by atoms with E-state index < -0.39 is 0 Å². The Balaban J connectivity index is 2.08. The van der Waals surface area contributed by atoms with Crippen LogP contribution in [0.2, 0.25) is 0 Å². The maximum atomic E-state index is 4.56. The van der Waals surface area contributed by atoms with E-state index in [4.69, 9.17) is 0 Å². The molecule has 0 spiro atoms. The number of pyridine rings is 1. The van der Waals surface area contributed by atoms with Crippen LogP contribution in [0.4, 0.5) is 0 Å². The molecule has 2 aromatic rings. The van der Waals surface area contributed by atoms with Gasteiger partial charge in [-0.1, -0.05) is 19.4 Å². The fraction of sp³-hybridized carbons (Fsp3) is 0.400. The molecule has 0 unspecified atom stereocenters. The van der Waals surface area contributed by atoms with Gasteiger partial charge < -0.3 is 9.88 Å². The minimum absolute atomic E-state index is 0.891. The smallest absolute Gasteiger partial charge is 0.137 e. The molecule has 2 aromatic heterocycles. The van der Waals surface area contributed by atoms with E-state index in [0.717, 1.165) is 24.6 Å². The van der Waals surface area contributed by atoms with Crippen LogP contribution < -0.4 is 5.32 Å². The molecule has 1 N–H and O–H groups in total. The Morgan fingerprint density at radius 1 is 1.22 bits per heavy atom. The van der Waals surface area contributed by atoms with Crippen LogP contribution in [0.5, 0.6) is 0 Å². The third kappa shape index (κ3) is 3.20. The molecule has 0 aliphatic carbocycles. The number of aromatic nitrogens is 2. The number of rotatable bonds is 6. The standard InChI is InChI=1S/C15H21N3/c1-3-4-10-16-12-14-8-6-11-18(14)15-9-5-7-13(2)17-15/h5-9,11,16H,3-4,10,12H2,1-2H3. The summed E-state index contributed by atoms with van der Waals surface area (Å²) in [6, 6.07) is 10.3. The number of hydrogen-bond donors (Lipinski definition) is 1. The molecule has 0 saturated carbocycles. The number of hydrogen-bond acceptors (Lipinski definition) is 2. The van der Waals surface area contributed by atoms with Crippen molar-refractivity contribution in [2.45, 2.75) is 33.2 Å². The first-order valence-corrected chi connectivity index (χ1v) is 6.62. The van der Waals surface area contributed by atoms with Crippen LogP contribution in [-0.2, 0) is 6.54 Å². The molecule has 0 aliphatic rings. The monoisotopic (exact) mass is 243 g/mol. The van der Waals surface area contributed by atoms with Gasteiger partial charge in [0, 0.05) is 24.1 Å². The fourth-order valence-corrected chi connectivity index (χ4v) is 1.96. The van der Waals surface area contributed by atoms with Crippen molar-refractivity contribution in [2.75, 3.05) is 6.54 Å². The minimum Gasteiger partial charge on any atom is -0.311 e.